The molecule has 0 fully saturated rings. The molecule has 0 radical (unpaired) electrons. The number of hydrogen-bond acceptors (Lipinski definition) is 5. The first-order valence-corrected chi connectivity index (χ1v) is 10.4. The highest BCUT2D eigenvalue weighted by Gasteiger charge is 2.26. The van der Waals surface area contributed by atoms with Crippen molar-refractivity contribution in [1.29, 1.82) is 0 Å². The topological polar surface area (TPSA) is 77.2 Å². The van der Waals surface area contributed by atoms with Crippen LogP contribution in [0.2, 0.25) is 0 Å². The fourth-order valence-corrected chi connectivity index (χ4v) is 3.83. The third kappa shape index (κ3) is 5.57. The quantitative estimate of drug-likeness (QED) is 0.564. The van der Waals surface area contributed by atoms with Crippen molar-refractivity contribution in [3.8, 4) is 0 Å². The van der Waals surface area contributed by atoms with Gasteiger partial charge in [-0.3, -0.25) is 4.90 Å². The number of carbonyl (C=O) groups excluding carboxylic acids is 1. The second-order valence-electron chi connectivity index (χ2n) is 7.38. The van der Waals surface area contributed by atoms with E-state index in [4.69, 9.17) is 7.71 Å². The molecule has 158 valence electrons. The number of carbonyl (C=O) groups is 1. The molecule has 0 bridgehead atoms. The van der Waals surface area contributed by atoms with Gasteiger partial charge in [0.2, 0.25) is 0 Å². The third-order valence-electron chi connectivity index (χ3n) is 4.15. The smallest absolute Gasteiger partial charge is 0.410 e. The Balaban J connectivity index is 0.000000296. The van der Waals surface area contributed by atoms with Crippen LogP contribution in [-0.4, -0.2) is 48.8 Å². The number of imidazole rings is 2. The second-order valence-corrected chi connectivity index (χ2v) is 9.00. The van der Waals surface area contributed by atoms with E-state index in [2.05, 4.69) is 56.3 Å². The van der Waals surface area contributed by atoms with E-state index in [0.29, 0.717) is 13.1 Å². The molecule has 28 heavy (non-hydrogen) atoms. The summed E-state index contributed by atoms with van der Waals surface area (Å²) < 4.78 is 21.6. The Kier molecular flexibility index (Phi) is 7.16. The van der Waals surface area contributed by atoms with Gasteiger partial charge in [0.25, 0.3) is 0 Å². The third-order valence-corrected chi connectivity index (χ3v) is 5.42. The van der Waals surface area contributed by atoms with Crippen molar-refractivity contribution in [2.24, 2.45) is 0 Å². The summed E-state index contributed by atoms with van der Waals surface area (Å²) in [4.78, 5) is 22.0. The normalized spacial score (nSPS) is 15.8. The van der Waals surface area contributed by atoms with Gasteiger partial charge in [0.05, 0.1) is 25.5 Å². The minimum absolute atomic E-state index is 0. The van der Waals surface area contributed by atoms with Crippen LogP contribution in [0.25, 0.3) is 0 Å². The van der Waals surface area contributed by atoms with E-state index in [1.165, 1.54) is 0 Å². The lowest BCUT2D eigenvalue weighted by atomic mass is 10.2. The van der Waals surface area contributed by atoms with Crippen molar-refractivity contribution in [2.75, 3.05) is 13.1 Å². The number of halogens is 2. The highest BCUT2D eigenvalue weighted by molar-refractivity contribution is 9.10. The number of nitrogens with zero attached hydrogens (tertiary/aromatic N) is 5. The van der Waals surface area contributed by atoms with E-state index < -0.39 is 5.60 Å². The van der Waals surface area contributed by atoms with Gasteiger partial charge in [-0.2, -0.15) is 0 Å². The van der Waals surface area contributed by atoms with Crippen LogP contribution in [-0.2, 0) is 30.9 Å². The molecule has 0 spiro atoms. The van der Waals surface area contributed by atoms with Gasteiger partial charge < -0.3 is 19.2 Å². The van der Waals surface area contributed by atoms with Crippen LogP contribution in [0, 0.1) is 0 Å². The van der Waals surface area contributed by atoms with Crippen LogP contribution >= 0.6 is 31.9 Å². The van der Waals surface area contributed by atoms with E-state index >= 15 is 0 Å². The molecule has 0 saturated carbocycles. The van der Waals surface area contributed by atoms with Gasteiger partial charge in [0.1, 0.15) is 26.5 Å². The van der Waals surface area contributed by atoms with Crippen molar-refractivity contribution in [2.45, 2.75) is 60.0 Å². The van der Waals surface area contributed by atoms with Crippen molar-refractivity contribution < 1.29 is 12.5 Å². The Morgan fingerprint density at radius 1 is 1.14 bits per heavy atom. The molecule has 1 N–H and O–H groups in total. The predicted octanol–water partition coefficient (Wildman–Crippen LogP) is 4.03. The van der Waals surface area contributed by atoms with Gasteiger partial charge in [-0.25, -0.2) is 14.8 Å². The van der Waals surface area contributed by atoms with Crippen LogP contribution in [0.15, 0.2) is 21.6 Å². The molecular weight excluding hydrogens is 492 g/mol. The van der Waals surface area contributed by atoms with Gasteiger partial charge in [-0.1, -0.05) is 7.43 Å². The van der Waals surface area contributed by atoms with E-state index in [1.54, 1.807) is 11.1 Å². The SMILES string of the molecule is Brc1cnc2n1CCNC2.C.CC(C)(C)OC(=O)N1CCn2c(Br)cnc2C1.[2H][2H]. The van der Waals surface area contributed by atoms with Crippen molar-refractivity contribution in [3.63, 3.8) is 0 Å². The summed E-state index contributed by atoms with van der Waals surface area (Å²) in [7, 11) is 0. The van der Waals surface area contributed by atoms with E-state index in [9.17, 15) is 4.79 Å². The summed E-state index contributed by atoms with van der Waals surface area (Å²) in [5.74, 6) is 2.01. The summed E-state index contributed by atoms with van der Waals surface area (Å²) in [5.41, 5.74) is -0.454. The zero-order valence-corrected chi connectivity index (χ0v) is 18.9. The highest BCUT2D eigenvalue weighted by Crippen LogP contribution is 2.20. The lowest BCUT2D eigenvalue weighted by molar-refractivity contribution is 0.0194. The number of ether oxygens (including phenoxy) is 1. The van der Waals surface area contributed by atoms with Gasteiger partial charge in [-0.05, 0) is 52.6 Å². The van der Waals surface area contributed by atoms with Gasteiger partial charge in [0.15, 0.2) is 0 Å². The van der Waals surface area contributed by atoms with Crippen molar-refractivity contribution in [1.82, 2.24) is 29.3 Å². The molecule has 8 nitrogen and oxygen atoms in total. The molecule has 2 aliphatic rings. The van der Waals surface area contributed by atoms with Crippen molar-refractivity contribution >= 4 is 38.0 Å². The number of hydrogen-bond donors (Lipinski definition) is 1. The maximum atomic E-state index is 11.9. The molecule has 4 rings (SSSR count). The molecule has 10 heteroatoms. The first kappa shape index (κ1) is 21.3. The number of rotatable bonds is 0. The van der Waals surface area contributed by atoms with Crippen LogP contribution in [0.4, 0.5) is 4.79 Å². The van der Waals surface area contributed by atoms with Crippen molar-refractivity contribution in [3.05, 3.63) is 33.2 Å². The average molecular weight is 524 g/mol. The van der Waals surface area contributed by atoms with Crippen LogP contribution in [0.1, 0.15) is 42.8 Å². The Morgan fingerprint density at radius 2 is 1.75 bits per heavy atom. The molecule has 0 aromatic carbocycles. The van der Waals surface area contributed by atoms with Gasteiger partial charge >= 0.3 is 6.09 Å². The molecule has 0 aliphatic carbocycles. The molecule has 2 aromatic rings. The molecule has 0 unspecified atom stereocenters. The summed E-state index contributed by atoms with van der Waals surface area (Å²) >= 11 is 6.85. The molecule has 2 aromatic heterocycles. The Labute approximate surface area is 186 Å². The lowest BCUT2D eigenvalue weighted by Gasteiger charge is -2.30. The fraction of sp³-hybridized carbons (Fsp3) is 0.611. The summed E-state index contributed by atoms with van der Waals surface area (Å²) in [6.45, 7) is 10.5. The molecule has 2 aliphatic heterocycles. The lowest BCUT2D eigenvalue weighted by Crippen LogP contribution is -2.41. The monoisotopic (exact) mass is 522 g/mol. The van der Waals surface area contributed by atoms with E-state index in [1.807, 2.05) is 27.0 Å². The Hall–Kier alpha value is -1.39. The minimum Gasteiger partial charge on any atom is -0.444 e. The molecular formula is C18H30Br2N6O2. The summed E-state index contributed by atoms with van der Waals surface area (Å²) in [6.07, 6.45) is 3.33. The number of nitrogens with one attached hydrogen (secondary N) is 1. The summed E-state index contributed by atoms with van der Waals surface area (Å²) in [5, 5.41) is 3.25. The molecule has 0 saturated heterocycles. The van der Waals surface area contributed by atoms with Crippen LogP contribution in [0.3, 0.4) is 0 Å². The van der Waals surface area contributed by atoms with Crippen LogP contribution < -0.4 is 5.32 Å². The maximum Gasteiger partial charge on any atom is 0.410 e. The standard InChI is InChI=1S/C11H16BrN3O2.C6H8BrN3.CH4.H2/c1-11(2,3)17-10(16)14-4-5-15-8(12)6-13-9(15)7-14;7-5-3-9-6-4-8-1-2-10(5)6;;/h6H,4-5,7H2,1-3H3;3,8H,1-2,4H2;1H4;1H/i;;;1+1D. The second kappa shape index (κ2) is 9.41. The molecule has 1 amide bonds. The highest BCUT2D eigenvalue weighted by atomic mass is 79.9. The molecule has 4 heterocycles. The maximum absolute atomic E-state index is 11.9. The number of aromatic nitrogens is 4. The number of fused-ring (bicyclic) bond motifs is 2. The fourth-order valence-electron chi connectivity index (χ4n) is 2.86. The van der Waals surface area contributed by atoms with Gasteiger partial charge in [0, 0.05) is 29.1 Å². The van der Waals surface area contributed by atoms with E-state index in [0.717, 1.165) is 47.0 Å². The predicted molar refractivity (Wildman–Crippen MR) is 117 cm³/mol. The Bertz CT molecular complexity index is 822. The molecule has 0 atom stereocenters. The van der Waals surface area contributed by atoms with Gasteiger partial charge in [-0.15, -0.1) is 0 Å². The average Bonchev–Trinajstić information content (AvgIpc) is 3.26. The zero-order valence-electron chi connectivity index (χ0n) is 17.7. The van der Waals surface area contributed by atoms with E-state index in [-0.39, 0.29) is 13.5 Å². The first-order chi connectivity index (χ1) is 13.7. The first-order valence-electron chi connectivity index (χ1n) is 9.83. The zero-order chi connectivity index (χ0) is 21.6. The number of amides is 1. The summed E-state index contributed by atoms with van der Waals surface area (Å²) in [6, 6.07) is 0. The minimum atomic E-state index is -0.454. The Morgan fingerprint density at radius 3 is 2.36 bits per heavy atom. The largest absolute Gasteiger partial charge is 0.444 e. The van der Waals surface area contributed by atoms with Crippen LogP contribution in [0.5, 0.6) is 0 Å².